The number of carbonyl (C=O) groups excluding carboxylic acids is 4. The van der Waals surface area contributed by atoms with Crippen LogP contribution in [0.4, 0.5) is 0 Å². The van der Waals surface area contributed by atoms with Gasteiger partial charge in [0.05, 0.1) is 34.5 Å². The van der Waals surface area contributed by atoms with Crippen LogP contribution in [0.2, 0.25) is 0 Å². The molecule has 0 aliphatic carbocycles. The fourth-order valence-electron chi connectivity index (χ4n) is 8.55. The molecule has 709 valence electrons. The molecule has 5 fully saturated rings. The molecule has 0 atom stereocenters. The molecule has 121 heavy (non-hydrogen) atoms. The molecule has 0 spiro atoms. The second-order valence-electron chi connectivity index (χ2n) is 23.3. The van der Waals surface area contributed by atoms with Gasteiger partial charge in [-0.15, -0.1) is 6.58 Å². The number of aldehydes is 1. The number of nitrogens with two attached hydrogens (primary N) is 1. The van der Waals surface area contributed by atoms with Crippen LogP contribution in [0.5, 0.6) is 0 Å². The summed E-state index contributed by atoms with van der Waals surface area (Å²) in [5, 5.41) is 3.26. The van der Waals surface area contributed by atoms with Gasteiger partial charge in [-0.25, -0.2) is 44.6 Å². The Balaban J connectivity index is -0.0000000604. The van der Waals surface area contributed by atoms with Gasteiger partial charge in [0.2, 0.25) is 5.97 Å². The van der Waals surface area contributed by atoms with Gasteiger partial charge in [0.1, 0.15) is 6.29 Å². The SMILES string of the molecule is C.C.C.C.C.C.C.C.C.C.C.C.C/C=C/CCC.C1CSCCN1.C=CCCC.CC.CC.CC.CC(=O)OOC(C)=O.CCC.CCN.O=Cc1ccccc1.O=S1(=O)CCN(Cc2ccccc2)CC1.O=S1(=O)CCN(Cc2ccccc2)CC1.O=S1(=O)CCN(Cc2ccccc2)CC1.[B-]OC(C)=O.[Na+].c1ccc(CN2CCSCC2)cc1. The molecule has 19 nitrogen and oxygen atoms in total. The third kappa shape index (κ3) is 111. The molecule has 0 saturated carbocycles. The number of hydrogen-bond acceptors (Lipinski definition) is 21. The van der Waals surface area contributed by atoms with E-state index in [1.54, 1.807) is 12.1 Å². The van der Waals surface area contributed by atoms with Crippen LogP contribution < -0.4 is 40.6 Å². The first kappa shape index (κ1) is 160. The molecule has 5 aromatic carbocycles. The number of unbranched alkanes of at least 4 members (excludes halogenated alkanes) is 2. The zero-order valence-electron chi connectivity index (χ0n) is 69.5. The minimum Gasteiger partial charge on any atom is -0.793 e. The number of sulfone groups is 3. The Kier molecular flexibility index (Phi) is 152. The van der Waals surface area contributed by atoms with Crippen molar-refractivity contribution in [2.75, 3.05) is 130 Å². The van der Waals surface area contributed by atoms with Crippen molar-refractivity contribution in [1.82, 2.24) is 24.9 Å². The van der Waals surface area contributed by atoms with Gasteiger partial charge in [-0.05, 0) is 48.6 Å². The second kappa shape index (κ2) is 115. The zero-order valence-corrected chi connectivity index (χ0v) is 75.5. The van der Waals surface area contributed by atoms with E-state index in [9.17, 15) is 44.4 Å². The standard InChI is InChI=1S/3C11H15NO2S.C11H15NS.C7H6O.C6H12.C5H10.C4H9NS.C4H6O4.C3H8.C2H3BO2.C2H7N.3C2H6.12CH4.Na/c3*13-15(14)8-6-12(7-9-15)10-11-4-2-1-3-5-11;1-2-4-11(5-3-1)10-12-6-8-13-9-7-12;8-6-7-4-2-1-3-5-7;1-3-5-6-4-2;1-3-5-4-2;1-3-6-4-2-5-1;1-3(5)7-8-4(2)6;1-3-2;1-2(4)5-3;1-2-3;3*1-2;;;;;;;;;;;;;/h3*1-5H,6-10H2;1-5H,6-10H2;1-6H;3,5H,4,6H2,1-2H3;3H,1,4-5H2,2H3;5H,1-4H2;1-2H3;3H2,1-2H3;1H3;2-3H2,1H3;3*1-2H3;12*1H4;/q;;;;;;;;;;-1;;;;;;;;;;;;;;;;;+1/b;;;;;5-3+;;;;;;;;;;;;;;;;;;;;;;. The zero-order chi connectivity index (χ0) is 82.4. The first-order valence-electron chi connectivity index (χ1n) is 38.1. The van der Waals surface area contributed by atoms with Crippen molar-refractivity contribution in [3.63, 3.8) is 0 Å². The summed E-state index contributed by atoms with van der Waals surface area (Å²) in [5.74, 6) is 5.30. The molecule has 0 unspecified atom stereocenters. The van der Waals surface area contributed by atoms with Gasteiger partial charge in [0.25, 0.3) is 0 Å². The van der Waals surface area contributed by atoms with Crippen molar-refractivity contribution < 1.29 is 88.4 Å². The molecule has 5 aliphatic rings. The maximum atomic E-state index is 11.2. The number of rotatable bonds is 13. The van der Waals surface area contributed by atoms with E-state index < -0.39 is 47.4 Å². The molecule has 5 aromatic rings. The maximum Gasteiger partial charge on any atom is 1.00 e. The molecule has 5 heterocycles. The molecular formula is C95H187BN6NaO13S5. The molecule has 0 aromatic heterocycles. The Morgan fingerprint density at radius 1 is 0.430 bits per heavy atom. The number of nitrogens with zero attached hydrogens (tertiary/aromatic N) is 4. The molecule has 5 aliphatic heterocycles. The van der Waals surface area contributed by atoms with Crippen molar-refractivity contribution in [2.45, 2.75) is 251 Å². The van der Waals surface area contributed by atoms with Crippen molar-refractivity contribution >= 4 is 85.3 Å². The van der Waals surface area contributed by atoms with E-state index in [2.05, 4.69) is 179 Å². The predicted molar refractivity (Wildman–Crippen MR) is 544 cm³/mol. The minimum atomic E-state index is -2.75. The van der Waals surface area contributed by atoms with Crippen LogP contribution >= 0.6 is 23.5 Å². The number of nitrogens with one attached hydrogen (secondary N) is 1. The second-order valence-corrected chi connectivity index (χ2v) is 32.7. The van der Waals surface area contributed by atoms with Gasteiger partial charge in [-0.3, -0.25) is 29.2 Å². The summed E-state index contributed by atoms with van der Waals surface area (Å²) in [6, 6.07) is 50.3. The van der Waals surface area contributed by atoms with E-state index in [4.69, 9.17) is 5.73 Å². The Morgan fingerprint density at radius 2 is 0.653 bits per heavy atom. The van der Waals surface area contributed by atoms with E-state index in [0.717, 1.165) is 64.8 Å². The Labute approximate surface area is 783 Å². The molecule has 5 saturated heterocycles. The summed E-state index contributed by atoms with van der Waals surface area (Å²) in [5.41, 5.74) is 10.8. The van der Waals surface area contributed by atoms with Gasteiger partial charge in [0.15, 0.2) is 29.5 Å². The molecular weight excluding hydrogens is 1630 g/mol. The minimum absolute atomic E-state index is 0. The largest absolute Gasteiger partial charge is 1.00 e. The van der Waals surface area contributed by atoms with Gasteiger partial charge < -0.3 is 23.8 Å². The van der Waals surface area contributed by atoms with E-state index in [1.165, 1.54) is 104 Å². The Morgan fingerprint density at radius 3 is 0.802 bits per heavy atom. The average molecular weight is 1820 g/mol. The van der Waals surface area contributed by atoms with Crippen LogP contribution in [0.1, 0.15) is 258 Å². The smallest absolute Gasteiger partial charge is 0.793 e. The summed E-state index contributed by atoms with van der Waals surface area (Å²) < 4.78 is 70.9. The maximum absolute atomic E-state index is 11.2. The summed E-state index contributed by atoms with van der Waals surface area (Å²) in [7, 11) is -3.93. The Hall–Kier alpha value is -4.97. The van der Waals surface area contributed by atoms with Crippen LogP contribution in [0.25, 0.3) is 0 Å². The van der Waals surface area contributed by atoms with Crippen molar-refractivity contribution in [3.05, 3.63) is 204 Å². The number of hydrogen-bond donors (Lipinski definition) is 2. The first-order chi connectivity index (χ1) is 51.9. The average Bonchev–Trinajstić information content (AvgIpc) is 0.871. The molecule has 0 amide bonds. The van der Waals surface area contributed by atoms with E-state index in [0.29, 0.717) is 73.8 Å². The fourth-order valence-corrected chi connectivity index (χ4v) is 14.1. The first-order valence-corrected chi connectivity index (χ1v) is 45.9. The molecule has 10 rings (SSSR count). The summed E-state index contributed by atoms with van der Waals surface area (Å²) in [6.07, 6.45) is 13.2. The monoisotopic (exact) mass is 1810 g/mol. The van der Waals surface area contributed by atoms with Crippen molar-refractivity contribution in [3.8, 4) is 0 Å². The molecule has 0 bridgehead atoms. The summed E-state index contributed by atoms with van der Waals surface area (Å²) >= 11 is 4.10. The fraction of sp³-hybridized carbons (Fsp3) is 0.600. The van der Waals surface area contributed by atoms with E-state index >= 15 is 0 Å². The third-order valence-corrected chi connectivity index (χ3v) is 20.6. The Bertz CT molecular complexity index is 2960. The van der Waals surface area contributed by atoms with E-state index in [-0.39, 0.29) is 119 Å². The van der Waals surface area contributed by atoms with Gasteiger partial charge in [0, 0.05) is 141 Å². The molecule has 3 N–H and O–H groups in total. The predicted octanol–water partition coefficient (Wildman–Crippen LogP) is 19.9. The third-order valence-electron chi connectivity index (χ3n) is 13.8. The van der Waals surface area contributed by atoms with Gasteiger partial charge >= 0.3 is 41.5 Å². The molecule has 3 radical (unpaired) electrons. The van der Waals surface area contributed by atoms with Gasteiger partial charge in [-0.2, -0.15) is 23.5 Å². The van der Waals surface area contributed by atoms with Crippen molar-refractivity contribution in [1.29, 1.82) is 0 Å². The van der Waals surface area contributed by atoms with Crippen LogP contribution in [0.3, 0.4) is 0 Å². The number of benzene rings is 5. The quantitative estimate of drug-likeness (QED) is 0.0365. The summed E-state index contributed by atoms with van der Waals surface area (Å²) in [4.78, 5) is 55.9. The van der Waals surface area contributed by atoms with E-state index in [1.807, 2.05) is 139 Å². The number of allylic oxidation sites excluding steroid dienone is 3. The summed E-state index contributed by atoms with van der Waals surface area (Å²) in [6.45, 7) is 45.0. The van der Waals surface area contributed by atoms with Crippen LogP contribution in [0, 0.1) is 0 Å². The van der Waals surface area contributed by atoms with Crippen LogP contribution in [-0.2, 0) is 84.5 Å². The topological polar surface area (TPSA) is 249 Å². The van der Waals surface area contributed by atoms with Crippen molar-refractivity contribution in [2.24, 2.45) is 5.73 Å². The van der Waals surface area contributed by atoms with Crippen LogP contribution in [0.15, 0.2) is 176 Å². The number of thioether (sulfide) groups is 2. The normalized spacial score (nSPS) is 13.8. The van der Waals surface area contributed by atoms with Gasteiger partial charge in [-0.1, -0.05) is 354 Å². The number of carbonyl (C=O) groups is 4. The molecule has 26 heteroatoms. The van der Waals surface area contributed by atoms with Crippen LogP contribution in [-0.4, -0.2) is 207 Å².